The smallest absolute Gasteiger partial charge is 0.511 e. The summed E-state index contributed by atoms with van der Waals surface area (Å²) in [5.74, 6) is -1.77. The van der Waals surface area contributed by atoms with Crippen LogP contribution in [0.4, 0.5) is 18.0 Å². The van der Waals surface area contributed by atoms with Crippen LogP contribution in [0.2, 0.25) is 0 Å². The van der Waals surface area contributed by atoms with Crippen LogP contribution in [-0.2, 0) is 35.3 Å². The third kappa shape index (κ3) is 8.40. The van der Waals surface area contributed by atoms with Gasteiger partial charge in [-0.15, -0.1) is 5.01 Å². The lowest BCUT2D eigenvalue weighted by atomic mass is 9.99. The predicted molar refractivity (Wildman–Crippen MR) is 148 cm³/mol. The fraction of sp³-hybridized carbons (Fsp3) is 0.370. The van der Waals surface area contributed by atoms with Gasteiger partial charge >= 0.3 is 12.3 Å². The molecule has 18 heteroatoms. The lowest BCUT2D eigenvalue weighted by Crippen LogP contribution is -2.46. The number of aromatic nitrogens is 2. The molecule has 4 rings (SSSR count). The van der Waals surface area contributed by atoms with Crippen molar-refractivity contribution in [1.82, 2.24) is 19.5 Å². The number of nitrogens with zero attached hydrogens (tertiary/aromatic N) is 5. The van der Waals surface area contributed by atoms with E-state index in [2.05, 4.69) is 24.7 Å². The zero-order valence-electron chi connectivity index (χ0n) is 24.1. The molecule has 1 unspecified atom stereocenters. The molecular weight excluding hydrogens is 625 g/mol. The molecule has 3 aromatic rings. The Labute approximate surface area is 255 Å². The number of aryl methyl sites for hydroxylation is 1. The number of halogens is 3. The number of amides is 1. The Kier molecular flexibility index (Phi) is 10.2. The first kappa shape index (κ1) is 33.0. The Morgan fingerprint density at radius 1 is 1.13 bits per heavy atom. The molecule has 1 fully saturated rings. The number of hydrogen-bond acceptors (Lipinski definition) is 10. The molecule has 14 nitrogen and oxygen atoms in total. The average Bonchev–Trinajstić information content (AvgIpc) is 3.46. The van der Waals surface area contributed by atoms with Gasteiger partial charge < -0.3 is 19.5 Å². The summed E-state index contributed by atoms with van der Waals surface area (Å²) in [5, 5.41) is 20.3. The van der Waals surface area contributed by atoms with Crippen LogP contribution in [0.5, 0.6) is 0 Å². The van der Waals surface area contributed by atoms with Gasteiger partial charge in [0.15, 0.2) is 5.69 Å². The van der Waals surface area contributed by atoms with Crippen molar-refractivity contribution < 1.29 is 50.5 Å². The van der Waals surface area contributed by atoms with Crippen molar-refractivity contribution in [3.63, 3.8) is 0 Å². The Morgan fingerprint density at radius 2 is 1.82 bits per heavy atom. The molecule has 0 spiro atoms. The molecule has 2 aromatic carbocycles. The number of rotatable bonds is 10. The zero-order chi connectivity index (χ0) is 32.8. The van der Waals surface area contributed by atoms with Gasteiger partial charge in [0.2, 0.25) is 11.2 Å². The minimum Gasteiger partial charge on any atom is -0.569 e. The van der Waals surface area contributed by atoms with Gasteiger partial charge in [-0.25, -0.2) is 22.6 Å². The Balaban J connectivity index is 1.44. The van der Waals surface area contributed by atoms with Gasteiger partial charge in [0.05, 0.1) is 46.9 Å². The van der Waals surface area contributed by atoms with E-state index in [0.29, 0.717) is 12.0 Å². The van der Waals surface area contributed by atoms with E-state index >= 15 is 0 Å². The van der Waals surface area contributed by atoms with Gasteiger partial charge in [0.1, 0.15) is 0 Å². The normalized spacial score (nSPS) is 15.8. The minimum atomic E-state index is -4.71. The first-order chi connectivity index (χ1) is 21.3. The summed E-state index contributed by atoms with van der Waals surface area (Å²) in [6, 6.07) is 12.5. The maximum absolute atomic E-state index is 13.5. The molecule has 2 heterocycles. The van der Waals surface area contributed by atoms with Crippen LogP contribution in [0.15, 0.2) is 64.8 Å². The maximum atomic E-state index is 13.5. The van der Waals surface area contributed by atoms with Crippen molar-refractivity contribution in [2.75, 3.05) is 26.5 Å². The van der Waals surface area contributed by atoms with E-state index in [1.807, 2.05) is 11.6 Å². The summed E-state index contributed by atoms with van der Waals surface area (Å²) in [6.07, 6.45) is -5.09. The largest absolute Gasteiger partial charge is 0.569 e. The number of alkyl halides is 3. The number of carbonyl (C=O) groups is 2. The second kappa shape index (κ2) is 13.8. The average molecular weight is 655 g/mol. The number of hydrogen-bond donors (Lipinski definition) is 1. The fourth-order valence-electron chi connectivity index (χ4n) is 4.37. The number of sulfonamides is 1. The van der Waals surface area contributed by atoms with Crippen molar-refractivity contribution in [2.24, 2.45) is 11.2 Å². The van der Waals surface area contributed by atoms with Crippen LogP contribution in [0.3, 0.4) is 0 Å². The van der Waals surface area contributed by atoms with E-state index in [-0.39, 0.29) is 47.4 Å². The van der Waals surface area contributed by atoms with Crippen molar-refractivity contribution >= 4 is 22.1 Å². The highest BCUT2D eigenvalue weighted by atomic mass is 32.2. The minimum absolute atomic E-state index is 0.0610. The standard InChI is InChI=1S/C27H29F3N6O8S/c1-3-42-26(38)43-17-44-33-36(39)34-14-4-5-20(16-34)25(37)32-45(40,41)22-12-10-21(11-13-22)35-23(15-24(31-35)27(28,29)30)19-8-6-18(2)7-9-19/h6-13,15,20H,3-5,14,16-17H2,1-2H3,(H,32,37)/b36-33+. The zero-order valence-corrected chi connectivity index (χ0v) is 24.9. The van der Waals surface area contributed by atoms with Gasteiger partial charge in [0.25, 0.3) is 16.8 Å². The van der Waals surface area contributed by atoms with Gasteiger partial charge in [-0.3, -0.25) is 4.79 Å². The third-order valence-corrected chi connectivity index (χ3v) is 7.97. The quantitative estimate of drug-likeness (QED) is 0.0830. The Morgan fingerprint density at radius 3 is 2.47 bits per heavy atom. The van der Waals surface area contributed by atoms with Crippen molar-refractivity contribution in [2.45, 2.75) is 37.8 Å². The summed E-state index contributed by atoms with van der Waals surface area (Å²) in [7, 11) is -4.39. The Bertz CT molecular complexity index is 1640. The van der Waals surface area contributed by atoms with Crippen LogP contribution in [0, 0.1) is 18.0 Å². The summed E-state index contributed by atoms with van der Waals surface area (Å²) in [5.41, 5.74) is 0.554. The van der Waals surface area contributed by atoms with Gasteiger partial charge in [-0.2, -0.15) is 18.3 Å². The second-order valence-corrected chi connectivity index (χ2v) is 11.5. The SMILES string of the molecule is CCOC(=O)OCO/N=[N+](/[O-])N1CCCC(C(=O)NS(=O)(=O)c2ccc(-n3nc(C(F)(F)F)cc3-c3ccc(C)cc3)cc2)C1. The molecular formula is C27H29F3N6O8S. The van der Waals surface area contributed by atoms with Crippen LogP contribution >= 0.6 is 0 Å². The molecule has 1 saturated heterocycles. The number of benzene rings is 2. The van der Waals surface area contributed by atoms with E-state index in [9.17, 15) is 36.4 Å². The molecule has 1 aliphatic heterocycles. The monoisotopic (exact) mass is 654 g/mol. The highest BCUT2D eigenvalue weighted by molar-refractivity contribution is 7.90. The summed E-state index contributed by atoms with van der Waals surface area (Å²) < 4.78 is 78.6. The van der Waals surface area contributed by atoms with E-state index in [1.165, 1.54) is 12.1 Å². The van der Waals surface area contributed by atoms with E-state index < -0.39 is 46.7 Å². The highest BCUT2D eigenvalue weighted by Gasteiger charge is 2.36. The van der Waals surface area contributed by atoms with Crippen LogP contribution in [0.25, 0.3) is 16.9 Å². The summed E-state index contributed by atoms with van der Waals surface area (Å²) in [4.78, 5) is 28.3. The first-order valence-corrected chi connectivity index (χ1v) is 15.0. The van der Waals surface area contributed by atoms with Gasteiger partial charge in [-0.1, -0.05) is 29.8 Å². The number of hydrazine groups is 1. The van der Waals surface area contributed by atoms with E-state index in [4.69, 9.17) is 0 Å². The van der Waals surface area contributed by atoms with Crippen molar-refractivity contribution in [3.05, 3.63) is 71.1 Å². The second-order valence-electron chi connectivity index (χ2n) is 9.81. The van der Waals surface area contributed by atoms with E-state index in [1.54, 1.807) is 31.2 Å². The molecule has 0 aliphatic carbocycles. The van der Waals surface area contributed by atoms with Gasteiger partial charge in [0, 0.05) is 5.56 Å². The predicted octanol–water partition coefficient (Wildman–Crippen LogP) is 4.32. The molecule has 1 atom stereocenters. The summed E-state index contributed by atoms with van der Waals surface area (Å²) in [6.45, 7) is 2.80. The third-order valence-electron chi connectivity index (χ3n) is 6.61. The Hall–Kier alpha value is -4.87. The molecule has 1 aromatic heterocycles. The molecule has 1 N–H and O–H groups in total. The van der Waals surface area contributed by atoms with E-state index in [0.717, 1.165) is 33.5 Å². The highest BCUT2D eigenvalue weighted by Crippen LogP contribution is 2.33. The molecule has 0 saturated carbocycles. The number of carbonyl (C=O) groups excluding carboxylic acids is 2. The topological polar surface area (TPSA) is 167 Å². The van der Waals surface area contributed by atoms with Crippen LogP contribution < -0.4 is 4.72 Å². The molecule has 1 aliphatic rings. The fourth-order valence-corrected chi connectivity index (χ4v) is 5.42. The first-order valence-electron chi connectivity index (χ1n) is 13.5. The molecule has 0 bridgehead atoms. The van der Waals surface area contributed by atoms with Gasteiger partial charge in [-0.05, 0) is 57.0 Å². The maximum Gasteiger partial charge on any atom is 0.511 e. The summed E-state index contributed by atoms with van der Waals surface area (Å²) >= 11 is 0. The van der Waals surface area contributed by atoms with Crippen LogP contribution in [0.1, 0.15) is 31.0 Å². The number of piperidine rings is 1. The molecule has 45 heavy (non-hydrogen) atoms. The van der Waals surface area contributed by atoms with Crippen LogP contribution in [-0.4, -0.2) is 66.7 Å². The number of nitrogens with one attached hydrogen (secondary N) is 1. The molecule has 242 valence electrons. The lowest BCUT2D eigenvalue weighted by molar-refractivity contribution is -0.714. The van der Waals surface area contributed by atoms with Crippen molar-refractivity contribution in [3.8, 4) is 16.9 Å². The van der Waals surface area contributed by atoms with Crippen molar-refractivity contribution in [1.29, 1.82) is 0 Å². The lowest BCUT2D eigenvalue weighted by Gasteiger charge is -2.27. The molecule has 1 amide bonds. The number of ether oxygens (including phenoxy) is 2. The molecule has 0 radical (unpaired) electrons.